The van der Waals surface area contributed by atoms with E-state index >= 15 is 0 Å². The molecule has 22 heavy (non-hydrogen) atoms. The van der Waals surface area contributed by atoms with Gasteiger partial charge in [-0.3, -0.25) is 9.59 Å². The molecule has 0 spiro atoms. The summed E-state index contributed by atoms with van der Waals surface area (Å²) in [6.45, 7) is 5.66. The minimum atomic E-state index is -0.851. The Morgan fingerprint density at radius 2 is 1.86 bits per heavy atom. The minimum absolute atomic E-state index is 0.00427. The molecule has 0 saturated heterocycles. The number of rotatable bonds is 4. The van der Waals surface area contributed by atoms with E-state index in [0.717, 1.165) is 21.9 Å². The smallest absolute Gasteiger partial charge is 0.311 e. The molecule has 116 valence electrons. The lowest BCUT2D eigenvalue weighted by atomic mass is 9.97. The predicted octanol–water partition coefficient (Wildman–Crippen LogP) is 3.56. The first-order valence-electron chi connectivity index (χ1n) is 7.17. The van der Waals surface area contributed by atoms with Crippen LogP contribution < -0.4 is 0 Å². The molecule has 0 aromatic heterocycles. The van der Waals surface area contributed by atoms with Crippen LogP contribution in [0.1, 0.15) is 31.9 Å². The average Bonchev–Trinajstić information content (AvgIpc) is 2.43. The average molecular weight is 300 g/mol. The van der Waals surface area contributed by atoms with Crippen LogP contribution in [0, 0.1) is 5.41 Å². The molecule has 2 aromatic rings. The van der Waals surface area contributed by atoms with Gasteiger partial charge < -0.3 is 9.84 Å². The summed E-state index contributed by atoms with van der Waals surface area (Å²) in [6.07, 6.45) is -0.00427. The highest BCUT2D eigenvalue weighted by molar-refractivity contribution is 5.89. The van der Waals surface area contributed by atoms with Gasteiger partial charge in [0.1, 0.15) is 6.61 Å². The molecule has 0 heterocycles. The van der Waals surface area contributed by atoms with E-state index in [-0.39, 0.29) is 19.0 Å². The van der Waals surface area contributed by atoms with Crippen molar-refractivity contribution in [1.82, 2.24) is 0 Å². The normalized spacial score (nSPS) is 11.4. The monoisotopic (exact) mass is 300 g/mol. The number of carboxylic acid groups (broad SMARTS) is 1. The SMILES string of the molecule is CC(C)(C)C(=O)OCc1ccc2c(CC(=O)O)cccc2c1. The van der Waals surface area contributed by atoms with E-state index in [1.807, 2.05) is 57.2 Å². The summed E-state index contributed by atoms with van der Waals surface area (Å²) in [7, 11) is 0. The summed E-state index contributed by atoms with van der Waals surface area (Å²) in [6, 6.07) is 11.3. The molecule has 0 aliphatic heterocycles. The van der Waals surface area contributed by atoms with Crippen LogP contribution in [0.4, 0.5) is 0 Å². The molecule has 2 aromatic carbocycles. The first-order chi connectivity index (χ1) is 10.3. The Morgan fingerprint density at radius 3 is 2.50 bits per heavy atom. The van der Waals surface area contributed by atoms with Crippen molar-refractivity contribution in [2.75, 3.05) is 0 Å². The molecular formula is C18H20O4. The summed E-state index contributed by atoms with van der Waals surface area (Å²) in [5.74, 6) is -1.09. The lowest BCUT2D eigenvalue weighted by molar-refractivity contribution is -0.154. The highest BCUT2D eigenvalue weighted by atomic mass is 16.5. The Kier molecular flexibility index (Phi) is 4.50. The number of carbonyl (C=O) groups is 2. The molecule has 0 unspecified atom stereocenters. The van der Waals surface area contributed by atoms with Gasteiger partial charge in [0.15, 0.2) is 0 Å². The lowest BCUT2D eigenvalue weighted by Gasteiger charge is -2.16. The first-order valence-corrected chi connectivity index (χ1v) is 7.17. The summed E-state index contributed by atoms with van der Waals surface area (Å²) < 4.78 is 5.30. The Labute approximate surface area is 129 Å². The Hall–Kier alpha value is -2.36. The zero-order chi connectivity index (χ0) is 16.3. The van der Waals surface area contributed by atoms with Crippen LogP contribution in [0.25, 0.3) is 10.8 Å². The van der Waals surface area contributed by atoms with Crippen molar-refractivity contribution in [3.63, 3.8) is 0 Å². The highest BCUT2D eigenvalue weighted by Crippen LogP contribution is 2.22. The van der Waals surface area contributed by atoms with Gasteiger partial charge in [0.2, 0.25) is 0 Å². The molecule has 1 N–H and O–H groups in total. The summed E-state index contributed by atoms with van der Waals surface area (Å²) in [5.41, 5.74) is 1.15. The van der Waals surface area contributed by atoms with Gasteiger partial charge in [-0.05, 0) is 48.7 Å². The van der Waals surface area contributed by atoms with Crippen molar-refractivity contribution in [3.05, 3.63) is 47.5 Å². The number of aliphatic carboxylic acids is 1. The number of carbonyl (C=O) groups excluding carboxylic acids is 1. The van der Waals surface area contributed by atoms with Gasteiger partial charge in [0, 0.05) is 0 Å². The summed E-state index contributed by atoms with van der Waals surface area (Å²) in [4.78, 5) is 22.7. The van der Waals surface area contributed by atoms with Crippen molar-refractivity contribution in [3.8, 4) is 0 Å². The molecular weight excluding hydrogens is 280 g/mol. The van der Waals surface area contributed by atoms with Crippen LogP contribution >= 0.6 is 0 Å². The zero-order valence-corrected chi connectivity index (χ0v) is 13.1. The summed E-state index contributed by atoms with van der Waals surface area (Å²) in [5, 5.41) is 10.8. The quantitative estimate of drug-likeness (QED) is 0.877. The van der Waals surface area contributed by atoms with Gasteiger partial charge in [-0.25, -0.2) is 0 Å². The molecule has 0 fully saturated rings. The van der Waals surface area contributed by atoms with Crippen LogP contribution in [-0.2, 0) is 27.4 Å². The topological polar surface area (TPSA) is 63.6 Å². The van der Waals surface area contributed by atoms with Crippen LogP contribution in [0.15, 0.2) is 36.4 Å². The number of carboxylic acids is 1. The van der Waals surface area contributed by atoms with Gasteiger partial charge in [0.25, 0.3) is 0 Å². The van der Waals surface area contributed by atoms with E-state index in [1.165, 1.54) is 0 Å². The standard InChI is InChI=1S/C18H20O4/c1-18(2,3)17(21)22-11-12-7-8-15-13(9-12)5-4-6-14(15)10-16(19)20/h4-9H,10-11H2,1-3H3,(H,19,20). The van der Waals surface area contributed by atoms with Crippen molar-refractivity contribution < 1.29 is 19.4 Å². The maximum atomic E-state index is 11.8. The fourth-order valence-electron chi connectivity index (χ4n) is 2.17. The first kappa shape index (κ1) is 16.0. The van der Waals surface area contributed by atoms with Gasteiger partial charge in [-0.2, -0.15) is 0 Å². The number of hydrogen-bond acceptors (Lipinski definition) is 3. The zero-order valence-electron chi connectivity index (χ0n) is 13.1. The number of benzene rings is 2. The Morgan fingerprint density at radius 1 is 1.14 bits per heavy atom. The maximum absolute atomic E-state index is 11.8. The van der Waals surface area contributed by atoms with Crippen LogP contribution in [-0.4, -0.2) is 17.0 Å². The molecule has 0 aliphatic rings. The number of hydrogen-bond donors (Lipinski definition) is 1. The molecule has 4 nitrogen and oxygen atoms in total. The van der Waals surface area contributed by atoms with E-state index in [9.17, 15) is 9.59 Å². The van der Waals surface area contributed by atoms with Gasteiger partial charge in [-0.15, -0.1) is 0 Å². The van der Waals surface area contributed by atoms with Crippen LogP contribution in [0.3, 0.4) is 0 Å². The molecule has 0 aliphatic carbocycles. The molecule has 4 heteroatoms. The molecule has 0 atom stereocenters. The second-order valence-corrected chi connectivity index (χ2v) is 6.37. The van der Waals surface area contributed by atoms with E-state index in [0.29, 0.717) is 0 Å². The minimum Gasteiger partial charge on any atom is -0.481 e. The van der Waals surface area contributed by atoms with Gasteiger partial charge in [0.05, 0.1) is 11.8 Å². The third kappa shape index (κ3) is 3.85. The van der Waals surface area contributed by atoms with E-state index in [2.05, 4.69) is 0 Å². The molecule has 0 bridgehead atoms. The van der Waals surface area contributed by atoms with E-state index in [4.69, 9.17) is 9.84 Å². The second kappa shape index (κ2) is 6.18. The molecule has 0 radical (unpaired) electrons. The Balaban J connectivity index is 2.21. The van der Waals surface area contributed by atoms with E-state index in [1.54, 1.807) is 0 Å². The van der Waals surface area contributed by atoms with Crippen molar-refractivity contribution in [1.29, 1.82) is 0 Å². The number of ether oxygens (including phenoxy) is 1. The lowest BCUT2D eigenvalue weighted by Crippen LogP contribution is -2.22. The fourth-order valence-corrected chi connectivity index (χ4v) is 2.17. The molecule has 0 saturated carbocycles. The number of fused-ring (bicyclic) bond motifs is 1. The van der Waals surface area contributed by atoms with Crippen molar-refractivity contribution >= 4 is 22.7 Å². The molecule has 2 rings (SSSR count). The molecule has 0 amide bonds. The fraction of sp³-hybridized carbons (Fsp3) is 0.333. The second-order valence-electron chi connectivity index (χ2n) is 6.37. The third-order valence-corrected chi connectivity index (χ3v) is 3.36. The van der Waals surface area contributed by atoms with Gasteiger partial charge in [-0.1, -0.05) is 30.3 Å². The predicted molar refractivity (Wildman–Crippen MR) is 84.5 cm³/mol. The van der Waals surface area contributed by atoms with Crippen molar-refractivity contribution in [2.45, 2.75) is 33.8 Å². The third-order valence-electron chi connectivity index (χ3n) is 3.36. The van der Waals surface area contributed by atoms with Crippen LogP contribution in [0.5, 0.6) is 0 Å². The van der Waals surface area contributed by atoms with E-state index < -0.39 is 11.4 Å². The number of esters is 1. The van der Waals surface area contributed by atoms with Crippen molar-refractivity contribution in [2.24, 2.45) is 5.41 Å². The Bertz CT molecular complexity index is 711. The van der Waals surface area contributed by atoms with Gasteiger partial charge >= 0.3 is 11.9 Å². The highest BCUT2D eigenvalue weighted by Gasteiger charge is 2.22. The largest absolute Gasteiger partial charge is 0.481 e. The maximum Gasteiger partial charge on any atom is 0.311 e. The van der Waals surface area contributed by atoms with Crippen LogP contribution in [0.2, 0.25) is 0 Å². The summed E-state index contributed by atoms with van der Waals surface area (Å²) >= 11 is 0.